The average Bonchev–Trinajstić information content (AvgIpc) is 2.47. The molecule has 0 bridgehead atoms. The lowest BCUT2D eigenvalue weighted by molar-refractivity contribution is 0.276. The second kappa shape index (κ2) is 8.79. The van der Waals surface area contributed by atoms with Gasteiger partial charge in [0.15, 0.2) is 0 Å². The molecule has 2 rings (SSSR count). The first-order valence-electron chi connectivity index (χ1n) is 7.26. The third kappa shape index (κ3) is 4.73. The Kier molecular flexibility index (Phi) is 7.39. The highest BCUT2D eigenvalue weighted by Gasteiger charge is 2.11. The van der Waals surface area contributed by atoms with E-state index in [4.69, 9.17) is 15.6 Å². The van der Waals surface area contributed by atoms with E-state index in [1.54, 1.807) is 0 Å². The third-order valence-corrected chi connectivity index (χ3v) is 3.58. The average molecular weight is 322 g/mol. The summed E-state index contributed by atoms with van der Waals surface area (Å²) in [7, 11) is 0. The third-order valence-electron chi connectivity index (χ3n) is 3.58. The predicted molar refractivity (Wildman–Crippen MR) is 92.6 cm³/mol. The zero-order valence-corrected chi connectivity index (χ0v) is 13.9. The molecule has 0 amide bonds. The Labute approximate surface area is 138 Å². The second-order valence-electron chi connectivity index (χ2n) is 5.38. The highest BCUT2D eigenvalue weighted by molar-refractivity contribution is 5.85. The molecule has 2 aromatic carbocycles. The van der Waals surface area contributed by atoms with Gasteiger partial charge in [-0.05, 0) is 42.5 Å². The molecule has 0 aliphatic carbocycles. The molecular formula is C18H24ClNO2. The van der Waals surface area contributed by atoms with Crippen molar-refractivity contribution in [3.8, 4) is 5.75 Å². The fourth-order valence-corrected chi connectivity index (χ4v) is 2.46. The van der Waals surface area contributed by atoms with Crippen LogP contribution in [0.2, 0.25) is 0 Å². The largest absolute Gasteiger partial charge is 0.488 e. The summed E-state index contributed by atoms with van der Waals surface area (Å²) >= 11 is 0. The summed E-state index contributed by atoms with van der Waals surface area (Å²) in [5, 5.41) is 9.00. The van der Waals surface area contributed by atoms with Crippen LogP contribution in [0.5, 0.6) is 5.75 Å². The van der Waals surface area contributed by atoms with Gasteiger partial charge in [0, 0.05) is 12.6 Å². The molecule has 0 fully saturated rings. The molecule has 22 heavy (non-hydrogen) atoms. The number of ether oxygens (including phenoxy) is 1. The first-order chi connectivity index (χ1) is 10.1. The van der Waals surface area contributed by atoms with Crippen molar-refractivity contribution in [2.75, 3.05) is 6.61 Å². The SMILES string of the molecule is Cc1cc([C@H](N)CCO)cc(C)c1OCc1ccccc1.Cl. The molecule has 0 saturated heterocycles. The molecule has 3 nitrogen and oxygen atoms in total. The molecule has 0 saturated carbocycles. The number of aryl methyl sites for hydroxylation is 2. The Morgan fingerprint density at radius 2 is 1.68 bits per heavy atom. The van der Waals surface area contributed by atoms with Crippen LogP contribution in [0.25, 0.3) is 0 Å². The van der Waals surface area contributed by atoms with Crippen molar-refractivity contribution in [1.82, 2.24) is 0 Å². The number of rotatable bonds is 6. The van der Waals surface area contributed by atoms with Gasteiger partial charge in [-0.25, -0.2) is 0 Å². The smallest absolute Gasteiger partial charge is 0.125 e. The Hall–Kier alpha value is -1.55. The standard InChI is InChI=1S/C18H23NO2.ClH/c1-13-10-16(17(19)8-9-20)11-14(2)18(13)21-12-15-6-4-3-5-7-15;/h3-7,10-11,17,20H,8-9,12,19H2,1-2H3;1H/t17-;/m1./s1. The lowest BCUT2D eigenvalue weighted by atomic mass is 9.99. The van der Waals surface area contributed by atoms with Gasteiger partial charge in [0.1, 0.15) is 12.4 Å². The van der Waals surface area contributed by atoms with Crippen molar-refractivity contribution in [2.24, 2.45) is 5.73 Å². The van der Waals surface area contributed by atoms with Gasteiger partial charge in [-0.2, -0.15) is 0 Å². The number of aliphatic hydroxyl groups excluding tert-OH is 1. The van der Waals surface area contributed by atoms with Crippen LogP contribution in [0, 0.1) is 13.8 Å². The number of nitrogens with two attached hydrogens (primary N) is 1. The maximum absolute atomic E-state index is 9.00. The molecule has 0 radical (unpaired) electrons. The quantitative estimate of drug-likeness (QED) is 0.853. The van der Waals surface area contributed by atoms with E-state index in [1.807, 2.05) is 44.2 Å². The predicted octanol–water partition coefficient (Wildman–Crippen LogP) is 3.69. The van der Waals surface area contributed by atoms with Crippen LogP contribution in [-0.2, 0) is 6.61 Å². The van der Waals surface area contributed by atoms with Crippen LogP contribution >= 0.6 is 12.4 Å². The second-order valence-corrected chi connectivity index (χ2v) is 5.38. The van der Waals surface area contributed by atoms with Crippen LogP contribution < -0.4 is 10.5 Å². The fraction of sp³-hybridized carbons (Fsp3) is 0.333. The zero-order chi connectivity index (χ0) is 15.2. The molecule has 0 unspecified atom stereocenters. The molecule has 0 aromatic heterocycles. The summed E-state index contributed by atoms with van der Waals surface area (Å²) < 4.78 is 5.96. The number of hydrogen-bond donors (Lipinski definition) is 2. The van der Waals surface area contributed by atoms with Crippen molar-refractivity contribution in [3.63, 3.8) is 0 Å². The maximum atomic E-state index is 9.00. The Bertz CT molecular complexity index is 564. The summed E-state index contributed by atoms with van der Waals surface area (Å²) in [6.45, 7) is 4.72. The van der Waals surface area contributed by atoms with Crippen molar-refractivity contribution in [3.05, 3.63) is 64.7 Å². The van der Waals surface area contributed by atoms with E-state index in [0.717, 1.165) is 28.0 Å². The van der Waals surface area contributed by atoms with Crippen LogP contribution in [0.3, 0.4) is 0 Å². The minimum absolute atomic E-state index is 0. The Balaban J connectivity index is 0.00000242. The highest BCUT2D eigenvalue weighted by atomic mass is 35.5. The van der Waals surface area contributed by atoms with Crippen molar-refractivity contribution in [2.45, 2.75) is 32.9 Å². The van der Waals surface area contributed by atoms with Gasteiger partial charge in [-0.1, -0.05) is 42.5 Å². The van der Waals surface area contributed by atoms with Gasteiger partial charge >= 0.3 is 0 Å². The first kappa shape index (κ1) is 18.5. The number of halogens is 1. The van der Waals surface area contributed by atoms with E-state index in [2.05, 4.69) is 12.1 Å². The molecule has 2 aromatic rings. The van der Waals surface area contributed by atoms with Gasteiger partial charge in [0.2, 0.25) is 0 Å². The summed E-state index contributed by atoms with van der Waals surface area (Å²) in [6, 6.07) is 14.1. The van der Waals surface area contributed by atoms with E-state index < -0.39 is 0 Å². The monoisotopic (exact) mass is 321 g/mol. The van der Waals surface area contributed by atoms with Crippen LogP contribution in [0.1, 0.15) is 34.7 Å². The number of benzene rings is 2. The van der Waals surface area contributed by atoms with E-state index in [-0.39, 0.29) is 25.1 Å². The lowest BCUT2D eigenvalue weighted by Crippen LogP contribution is -2.12. The molecule has 4 heteroatoms. The molecule has 0 aliphatic rings. The summed E-state index contributed by atoms with van der Waals surface area (Å²) in [5.41, 5.74) is 10.4. The van der Waals surface area contributed by atoms with Gasteiger partial charge in [-0.3, -0.25) is 0 Å². The van der Waals surface area contributed by atoms with Crippen LogP contribution in [0.15, 0.2) is 42.5 Å². The molecular weight excluding hydrogens is 298 g/mol. The van der Waals surface area contributed by atoms with E-state index in [1.165, 1.54) is 0 Å². The van der Waals surface area contributed by atoms with E-state index in [0.29, 0.717) is 13.0 Å². The van der Waals surface area contributed by atoms with E-state index in [9.17, 15) is 0 Å². The summed E-state index contributed by atoms with van der Waals surface area (Å²) in [4.78, 5) is 0. The van der Waals surface area contributed by atoms with Crippen LogP contribution in [0.4, 0.5) is 0 Å². The van der Waals surface area contributed by atoms with Gasteiger partial charge < -0.3 is 15.6 Å². The van der Waals surface area contributed by atoms with Crippen molar-refractivity contribution >= 4 is 12.4 Å². The zero-order valence-electron chi connectivity index (χ0n) is 13.1. The topological polar surface area (TPSA) is 55.5 Å². The molecule has 0 heterocycles. The molecule has 120 valence electrons. The van der Waals surface area contributed by atoms with Gasteiger partial charge in [0.05, 0.1) is 0 Å². The molecule has 1 atom stereocenters. The maximum Gasteiger partial charge on any atom is 0.125 e. The van der Waals surface area contributed by atoms with E-state index >= 15 is 0 Å². The Morgan fingerprint density at radius 3 is 2.23 bits per heavy atom. The Morgan fingerprint density at radius 1 is 1.09 bits per heavy atom. The minimum Gasteiger partial charge on any atom is -0.488 e. The first-order valence-corrected chi connectivity index (χ1v) is 7.26. The number of aliphatic hydroxyl groups is 1. The normalized spacial score (nSPS) is 11.6. The molecule has 0 spiro atoms. The van der Waals surface area contributed by atoms with Crippen LogP contribution in [-0.4, -0.2) is 11.7 Å². The van der Waals surface area contributed by atoms with Crippen molar-refractivity contribution < 1.29 is 9.84 Å². The fourth-order valence-electron chi connectivity index (χ4n) is 2.46. The van der Waals surface area contributed by atoms with Gasteiger partial charge in [0.25, 0.3) is 0 Å². The number of hydrogen-bond acceptors (Lipinski definition) is 3. The lowest BCUT2D eigenvalue weighted by Gasteiger charge is -2.17. The molecule has 0 aliphatic heterocycles. The van der Waals surface area contributed by atoms with Crippen molar-refractivity contribution in [1.29, 1.82) is 0 Å². The summed E-state index contributed by atoms with van der Waals surface area (Å²) in [5.74, 6) is 0.916. The van der Waals surface area contributed by atoms with Gasteiger partial charge in [-0.15, -0.1) is 12.4 Å². The summed E-state index contributed by atoms with van der Waals surface area (Å²) in [6.07, 6.45) is 0.573. The molecule has 3 N–H and O–H groups in total. The highest BCUT2D eigenvalue weighted by Crippen LogP contribution is 2.28. The minimum atomic E-state index is -0.129.